The van der Waals surface area contributed by atoms with Crippen molar-refractivity contribution in [2.75, 3.05) is 23.3 Å². The van der Waals surface area contributed by atoms with Gasteiger partial charge in [0.25, 0.3) is 0 Å². The van der Waals surface area contributed by atoms with Gasteiger partial charge in [-0.25, -0.2) is 0 Å². The number of nitrogens with one attached hydrogen (secondary N) is 1. The van der Waals surface area contributed by atoms with Crippen LogP contribution >= 0.6 is 0 Å². The van der Waals surface area contributed by atoms with Crippen LogP contribution in [-0.4, -0.2) is 19.1 Å². The molecule has 2 nitrogen and oxygen atoms in total. The highest BCUT2D eigenvalue weighted by Gasteiger charge is 2.04. The van der Waals surface area contributed by atoms with Gasteiger partial charge in [-0.15, -0.1) is 0 Å². The van der Waals surface area contributed by atoms with E-state index in [-0.39, 0.29) is 0 Å². The summed E-state index contributed by atoms with van der Waals surface area (Å²) in [5.74, 6) is 0. The van der Waals surface area contributed by atoms with Gasteiger partial charge in [-0.3, -0.25) is 0 Å². The zero-order valence-corrected chi connectivity index (χ0v) is 11.7. The Kier molecular flexibility index (Phi) is 5.88. The van der Waals surface area contributed by atoms with E-state index in [1.807, 2.05) is 0 Å². The molecular weight excluding hydrogens is 208 g/mol. The molecule has 0 aliphatic heterocycles. The van der Waals surface area contributed by atoms with Crippen LogP contribution in [0.5, 0.6) is 0 Å². The third-order valence-electron chi connectivity index (χ3n) is 3.35. The lowest BCUT2D eigenvalue weighted by Crippen LogP contribution is -2.21. The van der Waals surface area contributed by atoms with Crippen LogP contribution in [0.4, 0.5) is 11.4 Å². The van der Waals surface area contributed by atoms with E-state index < -0.39 is 0 Å². The maximum atomic E-state index is 3.56. The van der Waals surface area contributed by atoms with Crippen LogP contribution in [0, 0.1) is 0 Å². The molecule has 0 aliphatic carbocycles. The van der Waals surface area contributed by atoms with Gasteiger partial charge in [-0.1, -0.05) is 13.8 Å². The minimum Gasteiger partial charge on any atom is -0.382 e. The predicted molar refractivity (Wildman–Crippen MR) is 78.0 cm³/mol. The molecule has 0 bridgehead atoms. The third-order valence-corrected chi connectivity index (χ3v) is 3.35. The van der Waals surface area contributed by atoms with Gasteiger partial charge in [0.2, 0.25) is 0 Å². The molecule has 0 heterocycles. The van der Waals surface area contributed by atoms with Gasteiger partial charge in [-0.2, -0.15) is 0 Å². The Morgan fingerprint density at radius 1 is 0.941 bits per heavy atom. The van der Waals surface area contributed by atoms with Crippen LogP contribution in [0.3, 0.4) is 0 Å². The number of anilines is 2. The lowest BCUT2D eigenvalue weighted by molar-refractivity contribution is 0.672. The third kappa shape index (κ3) is 3.95. The van der Waals surface area contributed by atoms with E-state index in [1.165, 1.54) is 24.2 Å². The number of nitrogens with zero attached hydrogens (tertiary/aromatic N) is 1. The van der Waals surface area contributed by atoms with Gasteiger partial charge in [0.05, 0.1) is 0 Å². The average Bonchev–Trinajstić information content (AvgIpc) is 2.39. The molecule has 1 rings (SSSR count). The molecule has 1 aromatic carbocycles. The zero-order valence-electron chi connectivity index (χ0n) is 11.7. The van der Waals surface area contributed by atoms with E-state index in [1.54, 1.807) is 0 Å². The molecule has 0 unspecified atom stereocenters. The molecule has 0 fully saturated rings. The highest BCUT2D eigenvalue weighted by molar-refractivity contribution is 5.55. The van der Waals surface area contributed by atoms with Gasteiger partial charge in [-0.05, 0) is 51.0 Å². The number of hydrogen-bond acceptors (Lipinski definition) is 2. The predicted octanol–water partition coefficient (Wildman–Crippen LogP) is 4.13. The number of rotatable bonds is 7. The van der Waals surface area contributed by atoms with Gasteiger partial charge >= 0.3 is 0 Å². The monoisotopic (exact) mass is 234 g/mol. The molecule has 96 valence electrons. The van der Waals surface area contributed by atoms with Gasteiger partial charge in [0.1, 0.15) is 0 Å². The minimum absolute atomic E-state index is 0.592. The van der Waals surface area contributed by atoms with Crippen LogP contribution in [0.1, 0.15) is 40.5 Å². The summed E-state index contributed by atoms with van der Waals surface area (Å²) in [5, 5.41) is 3.56. The summed E-state index contributed by atoms with van der Waals surface area (Å²) < 4.78 is 0. The van der Waals surface area contributed by atoms with Crippen molar-refractivity contribution in [1.29, 1.82) is 0 Å². The fraction of sp³-hybridized carbons (Fsp3) is 0.600. The highest BCUT2D eigenvalue weighted by Crippen LogP contribution is 2.19. The fourth-order valence-electron chi connectivity index (χ4n) is 2.09. The summed E-state index contributed by atoms with van der Waals surface area (Å²) in [6, 6.07) is 9.38. The maximum absolute atomic E-state index is 3.56. The number of benzene rings is 1. The first-order chi connectivity index (χ1) is 8.24. The maximum Gasteiger partial charge on any atom is 0.0367 e. The Hall–Kier alpha value is -1.18. The minimum atomic E-state index is 0.592. The van der Waals surface area contributed by atoms with Gasteiger partial charge < -0.3 is 10.2 Å². The van der Waals surface area contributed by atoms with Crippen molar-refractivity contribution in [3.63, 3.8) is 0 Å². The molecule has 0 spiro atoms. The molecule has 0 atom stereocenters. The molecule has 0 radical (unpaired) electrons. The SMILES string of the molecule is CCC(CC)Nc1ccc(N(CC)CC)cc1. The first kappa shape index (κ1) is 13.9. The molecule has 0 aromatic heterocycles. The summed E-state index contributed by atoms with van der Waals surface area (Å²) in [5.41, 5.74) is 2.54. The number of hydrogen-bond donors (Lipinski definition) is 1. The van der Waals surface area contributed by atoms with Gasteiger partial charge in [0.15, 0.2) is 0 Å². The van der Waals surface area contributed by atoms with Crippen LogP contribution in [-0.2, 0) is 0 Å². The second-order valence-electron chi connectivity index (χ2n) is 4.38. The Morgan fingerprint density at radius 2 is 1.47 bits per heavy atom. The largest absolute Gasteiger partial charge is 0.382 e. The lowest BCUT2D eigenvalue weighted by atomic mass is 10.1. The fourth-order valence-corrected chi connectivity index (χ4v) is 2.09. The molecule has 2 heteroatoms. The molecule has 17 heavy (non-hydrogen) atoms. The van der Waals surface area contributed by atoms with E-state index in [2.05, 4.69) is 62.2 Å². The molecule has 0 amide bonds. The van der Waals surface area contributed by atoms with Crippen molar-refractivity contribution >= 4 is 11.4 Å². The van der Waals surface area contributed by atoms with Gasteiger partial charge in [0, 0.05) is 30.5 Å². The van der Waals surface area contributed by atoms with E-state index in [9.17, 15) is 0 Å². The first-order valence-corrected chi connectivity index (χ1v) is 6.86. The summed E-state index contributed by atoms with van der Waals surface area (Å²) in [6.07, 6.45) is 2.35. The summed E-state index contributed by atoms with van der Waals surface area (Å²) in [6.45, 7) is 11.0. The Bertz CT molecular complexity index is 297. The summed E-state index contributed by atoms with van der Waals surface area (Å²) in [4.78, 5) is 2.36. The van der Waals surface area contributed by atoms with Crippen molar-refractivity contribution in [1.82, 2.24) is 0 Å². The van der Waals surface area contributed by atoms with Crippen molar-refractivity contribution in [2.45, 2.75) is 46.6 Å². The van der Waals surface area contributed by atoms with Crippen LogP contribution < -0.4 is 10.2 Å². The molecular formula is C15H26N2. The van der Waals surface area contributed by atoms with Crippen LogP contribution in [0.15, 0.2) is 24.3 Å². The van der Waals surface area contributed by atoms with Crippen molar-refractivity contribution < 1.29 is 0 Å². The van der Waals surface area contributed by atoms with E-state index >= 15 is 0 Å². The first-order valence-electron chi connectivity index (χ1n) is 6.86. The Labute approximate surface area is 106 Å². The lowest BCUT2D eigenvalue weighted by Gasteiger charge is -2.22. The summed E-state index contributed by atoms with van der Waals surface area (Å²) in [7, 11) is 0. The zero-order chi connectivity index (χ0) is 12.7. The van der Waals surface area contributed by atoms with Crippen molar-refractivity contribution in [3.05, 3.63) is 24.3 Å². The van der Waals surface area contributed by atoms with E-state index in [4.69, 9.17) is 0 Å². The molecule has 0 saturated heterocycles. The van der Waals surface area contributed by atoms with Crippen LogP contribution in [0.25, 0.3) is 0 Å². The Morgan fingerprint density at radius 3 is 1.88 bits per heavy atom. The molecule has 0 aliphatic rings. The molecule has 0 saturated carbocycles. The topological polar surface area (TPSA) is 15.3 Å². The second kappa shape index (κ2) is 7.21. The standard InChI is InChI=1S/C15H26N2/c1-5-13(6-2)16-14-9-11-15(12-10-14)17(7-3)8-4/h9-13,16H,5-8H2,1-4H3. The average molecular weight is 234 g/mol. The second-order valence-corrected chi connectivity index (χ2v) is 4.38. The highest BCUT2D eigenvalue weighted by atomic mass is 15.1. The summed E-state index contributed by atoms with van der Waals surface area (Å²) >= 11 is 0. The van der Waals surface area contributed by atoms with Crippen LogP contribution in [0.2, 0.25) is 0 Å². The quantitative estimate of drug-likeness (QED) is 0.763. The van der Waals surface area contributed by atoms with Crippen molar-refractivity contribution in [2.24, 2.45) is 0 Å². The molecule has 1 N–H and O–H groups in total. The Balaban J connectivity index is 2.67. The van der Waals surface area contributed by atoms with E-state index in [0.717, 1.165) is 13.1 Å². The molecule has 1 aromatic rings. The van der Waals surface area contributed by atoms with Crippen molar-refractivity contribution in [3.8, 4) is 0 Å². The normalized spacial score (nSPS) is 10.6. The smallest absolute Gasteiger partial charge is 0.0367 e. The van der Waals surface area contributed by atoms with E-state index in [0.29, 0.717) is 6.04 Å².